The molecule has 0 bridgehead atoms. The Morgan fingerprint density at radius 1 is 1.33 bits per heavy atom. The fourth-order valence-corrected chi connectivity index (χ4v) is 3.19. The number of nitrogen functional groups attached to an aromatic ring is 1. The van der Waals surface area contributed by atoms with Crippen LogP contribution in [0.15, 0.2) is 24.4 Å². The number of aliphatic hydroxyl groups is 1. The number of amides is 1. The molecular weight excluding hydrogens is 266 g/mol. The lowest BCUT2D eigenvalue weighted by atomic mass is 9.82. The van der Waals surface area contributed by atoms with Gasteiger partial charge in [0.2, 0.25) is 0 Å². The zero-order chi connectivity index (χ0) is 14.9. The highest BCUT2D eigenvalue weighted by Crippen LogP contribution is 2.29. The van der Waals surface area contributed by atoms with Crippen LogP contribution in [0.2, 0.25) is 0 Å². The molecule has 1 aromatic heterocycles. The Bertz CT molecular complexity index is 657. The number of carbonyl (C=O) groups excluding carboxylic acids is 1. The number of carbonyl (C=O) groups is 1. The summed E-state index contributed by atoms with van der Waals surface area (Å²) >= 11 is 0. The van der Waals surface area contributed by atoms with Gasteiger partial charge in [-0.05, 0) is 31.0 Å². The summed E-state index contributed by atoms with van der Waals surface area (Å²) in [6.45, 7) is -0.00591. The Morgan fingerprint density at radius 2 is 2.10 bits per heavy atom. The number of nitrogens with two attached hydrogens (primary N) is 1. The van der Waals surface area contributed by atoms with Gasteiger partial charge in [-0.25, -0.2) is 0 Å². The average molecular weight is 287 g/mol. The number of nitrogens with one attached hydrogen (secondary N) is 2. The first kappa shape index (κ1) is 13.9. The van der Waals surface area contributed by atoms with Crippen molar-refractivity contribution >= 4 is 22.5 Å². The first-order chi connectivity index (χ1) is 10.1. The van der Waals surface area contributed by atoms with Crippen LogP contribution < -0.4 is 11.1 Å². The minimum Gasteiger partial charge on any atom is -0.399 e. The van der Waals surface area contributed by atoms with E-state index >= 15 is 0 Å². The molecule has 5 nitrogen and oxygen atoms in total. The summed E-state index contributed by atoms with van der Waals surface area (Å²) in [4.78, 5) is 15.6. The van der Waals surface area contributed by atoms with Crippen molar-refractivity contribution in [3.63, 3.8) is 0 Å². The normalized spacial score (nSPS) is 17.8. The van der Waals surface area contributed by atoms with E-state index in [1.807, 2.05) is 12.1 Å². The van der Waals surface area contributed by atoms with Crippen molar-refractivity contribution in [2.24, 2.45) is 0 Å². The summed E-state index contributed by atoms with van der Waals surface area (Å²) in [5, 5.41) is 13.6. The number of anilines is 1. The molecule has 0 aliphatic heterocycles. The van der Waals surface area contributed by atoms with Gasteiger partial charge in [0, 0.05) is 22.8 Å². The number of H-pyrrole nitrogens is 1. The third kappa shape index (κ3) is 2.61. The molecule has 1 heterocycles. The molecule has 0 radical (unpaired) electrons. The molecule has 3 rings (SSSR count). The summed E-state index contributed by atoms with van der Waals surface area (Å²) in [6, 6.07) is 5.45. The maximum Gasteiger partial charge on any atom is 0.253 e. The van der Waals surface area contributed by atoms with Crippen LogP contribution in [0, 0.1) is 0 Å². The number of aromatic amines is 1. The maximum absolute atomic E-state index is 12.6. The molecule has 5 N–H and O–H groups in total. The lowest BCUT2D eigenvalue weighted by Gasteiger charge is -2.36. The van der Waals surface area contributed by atoms with E-state index in [0.717, 1.165) is 36.6 Å². The van der Waals surface area contributed by atoms with Gasteiger partial charge >= 0.3 is 0 Å². The Morgan fingerprint density at radius 3 is 2.81 bits per heavy atom. The van der Waals surface area contributed by atoms with Gasteiger partial charge in [0.1, 0.15) is 0 Å². The minimum absolute atomic E-state index is 0.00591. The molecule has 1 aliphatic carbocycles. The van der Waals surface area contributed by atoms with Gasteiger partial charge in [-0.15, -0.1) is 0 Å². The van der Waals surface area contributed by atoms with Gasteiger partial charge in [-0.2, -0.15) is 0 Å². The first-order valence-electron chi connectivity index (χ1n) is 7.44. The lowest BCUT2D eigenvalue weighted by Crippen LogP contribution is -2.52. The van der Waals surface area contributed by atoms with Gasteiger partial charge in [0.15, 0.2) is 0 Å². The Balaban J connectivity index is 1.86. The second-order valence-electron chi connectivity index (χ2n) is 5.96. The quantitative estimate of drug-likeness (QED) is 0.652. The van der Waals surface area contributed by atoms with Crippen molar-refractivity contribution in [2.45, 2.75) is 37.6 Å². The molecule has 2 aromatic rings. The third-order valence-corrected chi connectivity index (χ3v) is 4.44. The highest BCUT2D eigenvalue weighted by Gasteiger charge is 2.33. The molecule has 1 fully saturated rings. The molecule has 21 heavy (non-hydrogen) atoms. The van der Waals surface area contributed by atoms with E-state index in [1.54, 1.807) is 12.3 Å². The molecule has 112 valence electrons. The van der Waals surface area contributed by atoms with Crippen LogP contribution in [0.25, 0.3) is 10.9 Å². The van der Waals surface area contributed by atoms with Crippen LogP contribution in [-0.2, 0) is 0 Å². The van der Waals surface area contributed by atoms with E-state index in [4.69, 9.17) is 5.73 Å². The number of aliphatic hydroxyl groups excluding tert-OH is 1. The van der Waals surface area contributed by atoms with E-state index in [1.165, 1.54) is 6.42 Å². The van der Waals surface area contributed by atoms with Crippen LogP contribution >= 0.6 is 0 Å². The maximum atomic E-state index is 12.6. The second kappa shape index (κ2) is 5.41. The van der Waals surface area contributed by atoms with Gasteiger partial charge in [0.05, 0.1) is 17.7 Å². The number of hydrogen-bond donors (Lipinski definition) is 4. The minimum atomic E-state index is -0.466. The lowest BCUT2D eigenvalue weighted by molar-refractivity contribution is 0.0760. The molecule has 1 aliphatic rings. The van der Waals surface area contributed by atoms with Crippen molar-refractivity contribution in [1.29, 1.82) is 0 Å². The highest BCUT2D eigenvalue weighted by atomic mass is 16.3. The van der Waals surface area contributed by atoms with Crippen molar-refractivity contribution in [3.05, 3.63) is 30.0 Å². The Hall–Kier alpha value is -2.01. The third-order valence-electron chi connectivity index (χ3n) is 4.44. The Kier molecular flexibility index (Phi) is 3.59. The first-order valence-corrected chi connectivity index (χ1v) is 7.44. The van der Waals surface area contributed by atoms with E-state index in [0.29, 0.717) is 11.3 Å². The molecule has 0 saturated heterocycles. The van der Waals surface area contributed by atoms with Crippen molar-refractivity contribution in [1.82, 2.24) is 10.3 Å². The van der Waals surface area contributed by atoms with Crippen molar-refractivity contribution < 1.29 is 9.90 Å². The number of rotatable bonds is 3. The number of fused-ring (bicyclic) bond motifs is 1. The van der Waals surface area contributed by atoms with Crippen LogP contribution in [0.4, 0.5) is 5.69 Å². The number of aromatic nitrogens is 1. The van der Waals surface area contributed by atoms with E-state index < -0.39 is 5.54 Å². The average Bonchev–Trinajstić information content (AvgIpc) is 2.91. The SMILES string of the molecule is Nc1ccc2c(C(=O)NC3(CO)CCCCC3)c[nH]c2c1. The van der Waals surface area contributed by atoms with Crippen molar-refractivity contribution in [3.8, 4) is 0 Å². The largest absolute Gasteiger partial charge is 0.399 e. The standard InChI is InChI=1S/C16H21N3O2/c17-11-4-5-12-13(9-18-14(12)8-11)15(21)19-16(10-20)6-2-1-3-7-16/h4-5,8-9,18,20H,1-3,6-7,10,17H2,(H,19,21). The fourth-order valence-electron chi connectivity index (χ4n) is 3.19. The molecular formula is C16H21N3O2. The second-order valence-corrected chi connectivity index (χ2v) is 5.96. The zero-order valence-corrected chi connectivity index (χ0v) is 12.0. The van der Waals surface area contributed by atoms with Gasteiger partial charge in [-0.3, -0.25) is 4.79 Å². The van der Waals surface area contributed by atoms with Gasteiger partial charge in [-0.1, -0.05) is 19.3 Å². The highest BCUT2D eigenvalue weighted by molar-refractivity contribution is 6.07. The van der Waals surface area contributed by atoms with Crippen molar-refractivity contribution in [2.75, 3.05) is 12.3 Å². The molecule has 0 unspecified atom stereocenters. The van der Waals surface area contributed by atoms with Gasteiger partial charge in [0.25, 0.3) is 5.91 Å². The summed E-state index contributed by atoms with van der Waals surface area (Å²) in [5.74, 6) is -0.137. The van der Waals surface area contributed by atoms with Crippen LogP contribution in [0.1, 0.15) is 42.5 Å². The van der Waals surface area contributed by atoms with E-state index in [9.17, 15) is 9.90 Å². The van der Waals surface area contributed by atoms with E-state index in [2.05, 4.69) is 10.3 Å². The molecule has 0 spiro atoms. The van der Waals surface area contributed by atoms with E-state index in [-0.39, 0.29) is 12.5 Å². The predicted molar refractivity (Wildman–Crippen MR) is 83.1 cm³/mol. The number of benzene rings is 1. The zero-order valence-electron chi connectivity index (χ0n) is 12.0. The summed E-state index contributed by atoms with van der Waals surface area (Å²) < 4.78 is 0. The molecule has 5 heteroatoms. The van der Waals surface area contributed by atoms with Crippen LogP contribution in [0.3, 0.4) is 0 Å². The van der Waals surface area contributed by atoms with Crippen LogP contribution in [-0.4, -0.2) is 28.1 Å². The van der Waals surface area contributed by atoms with Crippen LogP contribution in [0.5, 0.6) is 0 Å². The fraction of sp³-hybridized carbons (Fsp3) is 0.438. The van der Waals surface area contributed by atoms with Gasteiger partial charge < -0.3 is 21.1 Å². The smallest absolute Gasteiger partial charge is 0.253 e. The monoisotopic (exact) mass is 287 g/mol. The molecule has 1 aromatic carbocycles. The molecule has 1 amide bonds. The molecule has 0 atom stereocenters. The number of hydrogen-bond acceptors (Lipinski definition) is 3. The predicted octanol–water partition coefficient (Wildman–Crippen LogP) is 2.18. The molecule has 1 saturated carbocycles. The topological polar surface area (TPSA) is 91.1 Å². The summed E-state index contributed by atoms with van der Waals surface area (Å²) in [5.41, 5.74) is 7.39. The Labute approximate surface area is 123 Å². The summed E-state index contributed by atoms with van der Waals surface area (Å²) in [6.07, 6.45) is 6.64. The summed E-state index contributed by atoms with van der Waals surface area (Å²) in [7, 11) is 0.